The lowest BCUT2D eigenvalue weighted by atomic mass is 10.0. The molecule has 1 aliphatic rings. The summed E-state index contributed by atoms with van der Waals surface area (Å²) in [5.74, 6) is 0. The maximum absolute atomic E-state index is 5.57. The molecule has 122 valence electrons. The Labute approximate surface area is 140 Å². The van der Waals surface area contributed by atoms with E-state index in [1.54, 1.807) is 0 Å². The summed E-state index contributed by atoms with van der Waals surface area (Å²) in [5.41, 5.74) is 2.35. The van der Waals surface area contributed by atoms with Crippen molar-refractivity contribution in [2.24, 2.45) is 0 Å². The van der Waals surface area contributed by atoms with E-state index in [0.29, 0.717) is 12.1 Å². The van der Waals surface area contributed by atoms with Crippen molar-refractivity contribution in [3.05, 3.63) is 29.8 Å². The number of nitrogens with one attached hydrogen (secondary N) is 1. The van der Waals surface area contributed by atoms with Crippen molar-refractivity contribution in [2.45, 2.75) is 52.1 Å². The highest BCUT2D eigenvalue weighted by molar-refractivity contribution is 7.80. The SMILES string of the molecule is CCC(C)N(C)C1CCN(C(=S)Nc2ccc(C)cc2)CC1. The lowest BCUT2D eigenvalue weighted by Gasteiger charge is -2.40. The molecule has 0 spiro atoms. The van der Waals surface area contributed by atoms with Crippen LogP contribution in [0.25, 0.3) is 0 Å². The second kappa shape index (κ2) is 7.93. The van der Waals surface area contributed by atoms with Gasteiger partial charge in [-0.1, -0.05) is 24.6 Å². The van der Waals surface area contributed by atoms with Gasteiger partial charge in [-0.2, -0.15) is 0 Å². The molecule has 0 bridgehead atoms. The first-order chi connectivity index (χ1) is 10.5. The van der Waals surface area contributed by atoms with Gasteiger partial charge in [0.25, 0.3) is 0 Å². The van der Waals surface area contributed by atoms with Gasteiger partial charge in [-0.15, -0.1) is 0 Å². The molecule has 4 heteroatoms. The number of hydrogen-bond acceptors (Lipinski definition) is 2. The van der Waals surface area contributed by atoms with Gasteiger partial charge in [-0.05, 0) is 64.5 Å². The zero-order valence-corrected chi connectivity index (χ0v) is 15.1. The molecule has 1 saturated heterocycles. The van der Waals surface area contributed by atoms with Crippen molar-refractivity contribution >= 4 is 23.0 Å². The quantitative estimate of drug-likeness (QED) is 0.848. The number of aryl methyl sites for hydroxylation is 1. The number of likely N-dealkylation sites (tertiary alicyclic amines) is 1. The van der Waals surface area contributed by atoms with Gasteiger partial charge in [-0.25, -0.2) is 0 Å². The Kier molecular flexibility index (Phi) is 6.21. The smallest absolute Gasteiger partial charge is 0.173 e. The Morgan fingerprint density at radius 2 is 1.91 bits per heavy atom. The highest BCUT2D eigenvalue weighted by Gasteiger charge is 2.25. The molecule has 1 unspecified atom stereocenters. The minimum absolute atomic E-state index is 0.661. The van der Waals surface area contributed by atoms with Crippen LogP contribution in [0.5, 0.6) is 0 Å². The summed E-state index contributed by atoms with van der Waals surface area (Å²) in [5, 5.41) is 4.22. The molecular formula is C18H29N3S. The number of rotatable bonds is 4. The number of anilines is 1. The molecule has 0 radical (unpaired) electrons. The fraction of sp³-hybridized carbons (Fsp3) is 0.611. The zero-order valence-electron chi connectivity index (χ0n) is 14.3. The van der Waals surface area contributed by atoms with E-state index in [1.807, 2.05) is 0 Å². The van der Waals surface area contributed by atoms with Crippen LogP contribution in [0.3, 0.4) is 0 Å². The molecule has 1 aromatic rings. The highest BCUT2D eigenvalue weighted by atomic mass is 32.1. The van der Waals surface area contributed by atoms with E-state index >= 15 is 0 Å². The molecule has 0 aromatic heterocycles. The molecule has 22 heavy (non-hydrogen) atoms. The number of benzene rings is 1. The van der Waals surface area contributed by atoms with Gasteiger partial charge in [0.15, 0.2) is 5.11 Å². The van der Waals surface area contributed by atoms with Gasteiger partial charge in [-0.3, -0.25) is 0 Å². The van der Waals surface area contributed by atoms with E-state index in [4.69, 9.17) is 12.2 Å². The van der Waals surface area contributed by atoms with Crippen molar-refractivity contribution in [1.82, 2.24) is 9.80 Å². The number of thiocarbonyl (C=S) groups is 1. The first-order valence-corrected chi connectivity index (χ1v) is 8.76. The molecule has 3 nitrogen and oxygen atoms in total. The normalized spacial score (nSPS) is 17.6. The van der Waals surface area contributed by atoms with E-state index in [1.165, 1.54) is 24.8 Å². The summed E-state index contributed by atoms with van der Waals surface area (Å²) in [7, 11) is 2.26. The van der Waals surface area contributed by atoms with Gasteiger partial charge in [0.1, 0.15) is 0 Å². The van der Waals surface area contributed by atoms with Crippen molar-refractivity contribution in [2.75, 3.05) is 25.5 Å². The van der Waals surface area contributed by atoms with Crippen LogP contribution >= 0.6 is 12.2 Å². The molecule has 1 fully saturated rings. The molecule has 1 atom stereocenters. The lowest BCUT2D eigenvalue weighted by Crippen LogP contribution is -2.48. The molecule has 1 N–H and O–H groups in total. The lowest BCUT2D eigenvalue weighted by molar-refractivity contribution is 0.126. The van der Waals surface area contributed by atoms with Crippen molar-refractivity contribution in [3.63, 3.8) is 0 Å². The van der Waals surface area contributed by atoms with Gasteiger partial charge in [0, 0.05) is 30.9 Å². The molecule has 2 rings (SSSR count). The van der Waals surface area contributed by atoms with Crippen molar-refractivity contribution < 1.29 is 0 Å². The maximum Gasteiger partial charge on any atom is 0.173 e. The van der Waals surface area contributed by atoms with Gasteiger partial charge in [0.2, 0.25) is 0 Å². The predicted octanol–water partition coefficient (Wildman–Crippen LogP) is 3.89. The first-order valence-electron chi connectivity index (χ1n) is 8.35. The number of nitrogens with zero attached hydrogens (tertiary/aromatic N) is 2. The molecular weight excluding hydrogens is 290 g/mol. The van der Waals surface area contributed by atoms with Crippen LogP contribution in [-0.4, -0.2) is 47.1 Å². The minimum atomic E-state index is 0.661. The average Bonchev–Trinajstić information content (AvgIpc) is 2.55. The average molecular weight is 320 g/mol. The van der Waals surface area contributed by atoms with Crippen molar-refractivity contribution in [3.8, 4) is 0 Å². The third kappa shape index (κ3) is 4.43. The fourth-order valence-electron chi connectivity index (χ4n) is 2.96. The largest absolute Gasteiger partial charge is 0.349 e. The first kappa shape index (κ1) is 17.2. The van der Waals surface area contributed by atoms with Crippen LogP contribution in [0, 0.1) is 6.92 Å². The summed E-state index contributed by atoms with van der Waals surface area (Å²) in [4.78, 5) is 4.84. The Bertz CT molecular complexity index is 478. The van der Waals surface area contributed by atoms with Crippen LogP contribution < -0.4 is 5.32 Å². The number of hydrogen-bond donors (Lipinski definition) is 1. The summed E-state index contributed by atoms with van der Waals surface area (Å²) >= 11 is 5.57. The predicted molar refractivity (Wildman–Crippen MR) is 99.5 cm³/mol. The van der Waals surface area contributed by atoms with Crippen LogP contribution in [0.1, 0.15) is 38.7 Å². The second-order valence-corrected chi connectivity index (χ2v) is 6.82. The fourth-order valence-corrected chi connectivity index (χ4v) is 3.26. The van der Waals surface area contributed by atoms with Crippen LogP contribution in [0.4, 0.5) is 5.69 Å². The number of piperidine rings is 1. The highest BCUT2D eigenvalue weighted by Crippen LogP contribution is 2.19. The van der Waals surface area contributed by atoms with Crippen molar-refractivity contribution in [1.29, 1.82) is 0 Å². The molecule has 0 amide bonds. The van der Waals surface area contributed by atoms with E-state index in [9.17, 15) is 0 Å². The van der Waals surface area contributed by atoms with Crippen LogP contribution in [0.15, 0.2) is 24.3 Å². The van der Waals surface area contributed by atoms with E-state index < -0.39 is 0 Å². The summed E-state index contributed by atoms with van der Waals surface area (Å²) in [6, 6.07) is 9.75. The molecule has 0 aliphatic carbocycles. The Balaban J connectivity index is 1.83. The second-order valence-electron chi connectivity index (χ2n) is 6.44. The molecule has 1 aromatic carbocycles. The zero-order chi connectivity index (χ0) is 16.1. The van der Waals surface area contributed by atoms with Gasteiger partial charge in [0.05, 0.1) is 0 Å². The molecule has 1 heterocycles. The topological polar surface area (TPSA) is 18.5 Å². The van der Waals surface area contributed by atoms with Gasteiger partial charge < -0.3 is 15.1 Å². The third-order valence-electron chi connectivity index (χ3n) is 4.92. The monoisotopic (exact) mass is 319 g/mol. The van der Waals surface area contributed by atoms with E-state index in [0.717, 1.165) is 23.9 Å². The van der Waals surface area contributed by atoms with Crippen LogP contribution in [0.2, 0.25) is 0 Å². The van der Waals surface area contributed by atoms with Gasteiger partial charge >= 0.3 is 0 Å². The Morgan fingerprint density at radius 3 is 2.45 bits per heavy atom. The third-order valence-corrected chi connectivity index (χ3v) is 5.28. The summed E-state index contributed by atoms with van der Waals surface area (Å²) < 4.78 is 0. The summed E-state index contributed by atoms with van der Waals surface area (Å²) in [6.45, 7) is 8.76. The minimum Gasteiger partial charge on any atom is -0.349 e. The molecule has 1 aliphatic heterocycles. The Hall–Kier alpha value is -1.13. The Morgan fingerprint density at radius 1 is 1.32 bits per heavy atom. The molecule has 0 saturated carbocycles. The van der Waals surface area contributed by atoms with E-state index in [2.05, 4.69) is 67.2 Å². The maximum atomic E-state index is 5.57. The van der Waals surface area contributed by atoms with E-state index in [-0.39, 0.29) is 0 Å². The standard InChI is InChI=1S/C18H29N3S/c1-5-15(3)20(4)17-10-12-21(13-11-17)18(22)19-16-8-6-14(2)7-9-16/h6-9,15,17H,5,10-13H2,1-4H3,(H,19,22). The summed E-state index contributed by atoms with van der Waals surface area (Å²) in [6.07, 6.45) is 3.59. The van der Waals surface area contributed by atoms with Crippen LogP contribution in [-0.2, 0) is 0 Å².